The number of hydrogen-bond acceptors (Lipinski definition) is 8. The van der Waals surface area contributed by atoms with Gasteiger partial charge < -0.3 is 48.5 Å². The summed E-state index contributed by atoms with van der Waals surface area (Å²) < 4.78 is 0. The number of carbonyl (C=O) groups is 4. The van der Waals surface area contributed by atoms with E-state index >= 15 is 0 Å². The molecule has 1 aromatic carbocycles. The van der Waals surface area contributed by atoms with Crippen LogP contribution >= 0.6 is 0 Å². The fraction of sp³-hybridized carbons (Fsp3) is 0.542. The number of hydrogen-bond donors (Lipinski definition) is 9. The monoisotopic (exact) mass is 537 g/mol. The Hall–Kier alpha value is -3.91. The Labute approximate surface area is 221 Å². The van der Waals surface area contributed by atoms with Gasteiger partial charge in [0.1, 0.15) is 23.9 Å². The molecule has 0 aromatic heterocycles. The largest absolute Gasteiger partial charge is 0.508 e. The minimum Gasteiger partial charge on any atom is -0.508 e. The summed E-state index contributed by atoms with van der Waals surface area (Å²) in [5.41, 5.74) is 17.2. The van der Waals surface area contributed by atoms with Crippen molar-refractivity contribution >= 4 is 29.7 Å². The van der Waals surface area contributed by atoms with Crippen LogP contribution in [0, 0.1) is 5.92 Å². The summed E-state index contributed by atoms with van der Waals surface area (Å²) in [5.74, 6) is -3.88. The number of guanidine groups is 1. The van der Waals surface area contributed by atoms with Gasteiger partial charge in [-0.1, -0.05) is 32.4 Å². The number of aliphatic imine (C=N–C) groups is 1. The normalized spacial score (nSPS) is 14.7. The van der Waals surface area contributed by atoms with Crippen LogP contribution in [0.2, 0.25) is 0 Å². The second-order valence-corrected chi connectivity index (χ2v) is 8.94. The number of benzene rings is 1. The van der Waals surface area contributed by atoms with Gasteiger partial charge >= 0.3 is 5.97 Å². The number of phenolic OH excluding ortho intramolecular Hbond substituents is 1. The highest BCUT2D eigenvalue weighted by Gasteiger charge is 2.31. The molecule has 0 heterocycles. The van der Waals surface area contributed by atoms with Crippen molar-refractivity contribution in [3.05, 3.63) is 29.8 Å². The molecule has 0 aliphatic rings. The lowest BCUT2D eigenvalue weighted by atomic mass is 9.98. The SMILES string of the molecule is CCC(C)C(N)C(=O)NC(CCCN=C(N)N)C(=O)NC(Cc1ccc(O)cc1)C(=O)NC(CO)C(=O)O. The maximum Gasteiger partial charge on any atom is 0.328 e. The number of aliphatic hydroxyl groups excluding tert-OH is 1. The van der Waals surface area contributed by atoms with E-state index in [2.05, 4.69) is 20.9 Å². The fourth-order valence-corrected chi connectivity index (χ4v) is 3.36. The van der Waals surface area contributed by atoms with Crippen LogP contribution in [0.15, 0.2) is 29.3 Å². The summed E-state index contributed by atoms with van der Waals surface area (Å²) in [4.78, 5) is 54.1. The van der Waals surface area contributed by atoms with E-state index in [1.54, 1.807) is 6.92 Å². The molecule has 5 unspecified atom stereocenters. The first-order valence-electron chi connectivity index (χ1n) is 12.2. The Morgan fingerprint density at radius 3 is 2.03 bits per heavy atom. The number of rotatable bonds is 16. The summed E-state index contributed by atoms with van der Waals surface area (Å²) in [5, 5.41) is 35.4. The third-order valence-electron chi connectivity index (χ3n) is 5.94. The lowest BCUT2D eigenvalue weighted by molar-refractivity contribution is -0.143. The average Bonchev–Trinajstić information content (AvgIpc) is 2.88. The van der Waals surface area contributed by atoms with Crippen molar-refractivity contribution in [2.75, 3.05) is 13.2 Å². The van der Waals surface area contributed by atoms with E-state index in [0.717, 1.165) is 0 Å². The molecule has 0 spiro atoms. The van der Waals surface area contributed by atoms with Crippen molar-refractivity contribution in [1.82, 2.24) is 16.0 Å². The lowest BCUT2D eigenvalue weighted by Gasteiger charge is -2.26. The molecule has 1 aromatic rings. The zero-order valence-electron chi connectivity index (χ0n) is 21.6. The molecule has 14 heteroatoms. The topological polar surface area (TPSA) is 255 Å². The number of carboxylic acids is 1. The van der Waals surface area contributed by atoms with Gasteiger partial charge in [0.05, 0.1) is 12.6 Å². The molecule has 3 amide bonds. The number of nitrogens with two attached hydrogens (primary N) is 3. The Morgan fingerprint density at radius 1 is 0.947 bits per heavy atom. The van der Waals surface area contributed by atoms with Gasteiger partial charge in [-0.05, 0) is 36.5 Å². The highest BCUT2D eigenvalue weighted by atomic mass is 16.4. The molecule has 0 aliphatic heterocycles. The van der Waals surface area contributed by atoms with Crippen LogP contribution in [-0.2, 0) is 25.6 Å². The minimum absolute atomic E-state index is 0.00814. The lowest BCUT2D eigenvalue weighted by Crippen LogP contribution is -2.58. The molecule has 0 radical (unpaired) electrons. The van der Waals surface area contributed by atoms with Crippen molar-refractivity contribution in [3.8, 4) is 5.75 Å². The molecule has 0 fully saturated rings. The van der Waals surface area contributed by atoms with Gasteiger partial charge in [-0.25, -0.2) is 4.79 Å². The average molecular weight is 538 g/mol. The molecule has 1 rings (SSSR count). The van der Waals surface area contributed by atoms with E-state index in [1.165, 1.54) is 24.3 Å². The van der Waals surface area contributed by atoms with E-state index in [1.807, 2.05) is 6.92 Å². The van der Waals surface area contributed by atoms with E-state index in [4.69, 9.17) is 17.2 Å². The molecular formula is C24H39N7O7. The predicted octanol–water partition coefficient (Wildman–Crippen LogP) is -2.11. The first-order valence-corrected chi connectivity index (χ1v) is 12.2. The van der Waals surface area contributed by atoms with Crippen LogP contribution in [0.5, 0.6) is 5.75 Å². The molecule has 0 bridgehead atoms. The number of carboxylic acid groups (broad SMARTS) is 1. The van der Waals surface area contributed by atoms with Crippen LogP contribution in [0.4, 0.5) is 0 Å². The van der Waals surface area contributed by atoms with Gasteiger partial charge in [0.25, 0.3) is 0 Å². The third kappa shape index (κ3) is 11.0. The van der Waals surface area contributed by atoms with Gasteiger partial charge in [-0.3, -0.25) is 19.4 Å². The Balaban J connectivity index is 3.16. The molecule has 12 N–H and O–H groups in total. The van der Waals surface area contributed by atoms with Crippen molar-refractivity contribution in [1.29, 1.82) is 0 Å². The predicted molar refractivity (Wildman–Crippen MR) is 140 cm³/mol. The van der Waals surface area contributed by atoms with Crippen LogP contribution < -0.4 is 33.2 Å². The Bertz CT molecular complexity index is 967. The summed E-state index contributed by atoms with van der Waals surface area (Å²) in [6.07, 6.45) is 0.996. The maximum absolute atomic E-state index is 13.3. The van der Waals surface area contributed by atoms with Gasteiger partial charge in [0.2, 0.25) is 17.7 Å². The highest BCUT2D eigenvalue weighted by Crippen LogP contribution is 2.12. The van der Waals surface area contributed by atoms with Crippen LogP contribution in [0.25, 0.3) is 0 Å². The van der Waals surface area contributed by atoms with Crippen LogP contribution in [0.3, 0.4) is 0 Å². The van der Waals surface area contributed by atoms with Crippen molar-refractivity contribution in [2.45, 2.75) is 63.7 Å². The smallest absolute Gasteiger partial charge is 0.328 e. The second-order valence-electron chi connectivity index (χ2n) is 8.94. The number of aliphatic hydroxyl groups is 1. The van der Waals surface area contributed by atoms with Crippen LogP contribution in [0.1, 0.15) is 38.7 Å². The van der Waals surface area contributed by atoms with E-state index in [0.29, 0.717) is 18.4 Å². The second kappa shape index (κ2) is 16.0. The molecular weight excluding hydrogens is 498 g/mol. The van der Waals surface area contributed by atoms with E-state index in [-0.39, 0.29) is 37.0 Å². The minimum atomic E-state index is -1.59. The number of aliphatic carboxylic acids is 1. The highest BCUT2D eigenvalue weighted by molar-refractivity contribution is 5.94. The van der Waals surface area contributed by atoms with Crippen LogP contribution in [-0.4, -0.2) is 82.3 Å². The molecule has 0 aliphatic carbocycles. The van der Waals surface area contributed by atoms with Gasteiger partial charge in [-0.15, -0.1) is 0 Å². The number of carbonyl (C=O) groups excluding carboxylic acids is 3. The van der Waals surface area contributed by atoms with Crippen molar-refractivity contribution in [2.24, 2.45) is 28.1 Å². The zero-order chi connectivity index (χ0) is 28.8. The number of phenols is 1. The first-order chi connectivity index (χ1) is 17.9. The molecule has 0 saturated heterocycles. The van der Waals surface area contributed by atoms with Gasteiger partial charge in [0.15, 0.2) is 5.96 Å². The summed E-state index contributed by atoms with van der Waals surface area (Å²) in [7, 11) is 0. The molecule has 5 atom stereocenters. The number of nitrogens with zero attached hydrogens (tertiary/aromatic N) is 1. The van der Waals surface area contributed by atoms with Crippen molar-refractivity contribution in [3.63, 3.8) is 0 Å². The third-order valence-corrected chi connectivity index (χ3v) is 5.94. The maximum atomic E-state index is 13.3. The van der Waals surface area contributed by atoms with Crippen molar-refractivity contribution < 1.29 is 34.5 Å². The number of aromatic hydroxyl groups is 1. The fourth-order valence-electron chi connectivity index (χ4n) is 3.36. The number of amides is 3. The van der Waals surface area contributed by atoms with E-state index < -0.39 is 54.5 Å². The molecule has 212 valence electrons. The Morgan fingerprint density at radius 2 is 1.50 bits per heavy atom. The Kier molecular flexibility index (Phi) is 13.6. The first kappa shape index (κ1) is 32.1. The summed E-state index contributed by atoms with van der Waals surface area (Å²) in [6.45, 7) is 3.00. The summed E-state index contributed by atoms with van der Waals surface area (Å²) in [6, 6.07) is 1.00. The molecule has 38 heavy (non-hydrogen) atoms. The quantitative estimate of drug-likeness (QED) is 0.0630. The van der Waals surface area contributed by atoms with E-state index in [9.17, 15) is 34.5 Å². The van der Waals surface area contributed by atoms with Gasteiger partial charge in [0, 0.05) is 13.0 Å². The molecule has 14 nitrogen and oxygen atoms in total. The van der Waals surface area contributed by atoms with Gasteiger partial charge in [-0.2, -0.15) is 0 Å². The molecule has 0 saturated carbocycles. The summed E-state index contributed by atoms with van der Waals surface area (Å²) >= 11 is 0. The zero-order valence-corrected chi connectivity index (χ0v) is 21.6. The number of nitrogens with one attached hydrogen (secondary N) is 3. The standard InChI is InChI=1S/C24H39N7O7/c1-3-13(2)19(25)22(36)29-16(5-4-10-28-24(26)27)20(34)30-17(11-14-6-8-15(33)9-7-14)21(35)31-18(12-32)23(37)38/h6-9,13,16-19,32-33H,3-5,10-12,25H2,1-2H3,(H,29,36)(H,30,34)(H,31,35)(H,37,38)(H4,26,27,28).